The molecule has 4 rings (SSSR count). The van der Waals surface area contributed by atoms with Crippen LogP contribution in [0.5, 0.6) is 0 Å². The van der Waals surface area contributed by atoms with Gasteiger partial charge in [-0.25, -0.2) is 0 Å². The molecule has 0 saturated heterocycles. The van der Waals surface area contributed by atoms with Crippen LogP contribution in [0.4, 0.5) is 5.95 Å². The highest BCUT2D eigenvalue weighted by atomic mass is 16.1. The Kier molecular flexibility index (Phi) is 6.67. The molecule has 1 aliphatic rings. The van der Waals surface area contributed by atoms with Gasteiger partial charge in [0.25, 0.3) is 11.9 Å². The first kappa shape index (κ1) is 24.8. The number of allylic oxidation sites excluding steroid dienone is 1. The van der Waals surface area contributed by atoms with Gasteiger partial charge in [0.05, 0.1) is 0 Å². The Hall–Kier alpha value is -3.28. The van der Waals surface area contributed by atoms with Crippen LogP contribution in [0.3, 0.4) is 0 Å². The molecule has 6 heteroatoms. The fourth-order valence-corrected chi connectivity index (χ4v) is 5.47. The summed E-state index contributed by atoms with van der Waals surface area (Å²) in [6, 6.07) is 12.6. The Morgan fingerprint density at radius 2 is 1.74 bits per heavy atom. The zero-order valence-corrected chi connectivity index (χ0v) is 22.0. The summed E-state index contributed by atoms with van der Waals surface area (Å²) in [4.78, 5) is 12.4. The summed E-state index contributed by atoms with van der Waals surface area (Å²) in [6.45, 7) is 16.4. The van der Waals surface area contributed by atoms with Crippen LogP contribution in [0.25, 0.3) is 11.6 Å². The van der Waals surface area contributed by atoms with E-state index in [4.69, 9.17) is 0 Å². The number of nitrogens with zero attached hydrogens (tertiary/aromatic N) is 3. The predicted octanol–water partition coefficient (Wildman–Crippen LogP) is 6.56. The molecule has 1 amide bonds. The molecule has 6 nitrogen and oxygen atoms in total. The van der Waals surface area contributed by atoms with Crippen molar-refractivity contribution in [2.75, 3.05) is 5.32 Å². The van der Waals surface area contributed by atoms with Crippen molar-refractivity contribution in [2.24, 2.45) is 5.92 Å². The van der Waals surface area contributed by atoms with Crippen LogP contribution in [0, 0.1) is 5.92 Å². The number of nitrogens with one attached hydrogen (secondary N) is 2. The van der Waals surface area contributed by atoms with E-state index in [1.54, 1.807) is 0 Å². The van der Waals surface area contributed by atoms with E-state index in [1.807, 2.05) is 24.3 Å². The monoisotopic (exact) mass is 471 g/mol. The van der Waals surface area contributed by atoms with Gasteiger partial charge in [-0.15, -0.1) is 5.10 Å². The number of hydrogen-bond acceptors (Lipinski definition) is 4. The third kappa shape index (κ3) is 4.66. The maximum absolute atomic E-state index is 12.4. The number of benzene rings is 2. The highest BCUT2D eigenvalue weighted by molar-refractivity contribution is 6.03. The molecule has 1 unspecified atom stereocenters. The molecule has 1 aromatic heterocycles. The second-order valence-corrected chi connectivity index (χ2v) is 11.0. The highest BCUT2D eigenvalue weighted by Gasteiger charge is 2.48. The van der Waals surface area contributed by atoms with Crippen LogP contribution >= 0.6 is 0 Å². The Labute approximate surface area is 208 Å². The van der Waals surface area contributed by atoms with Crippen molar-refractivity contribution < 1.29 is 4.79 Å². The maximum atomic E-state index is 12.4. The molecule has 0 bridgehead atoms. The number of unbranched alkanes of at least 4 members (excludes halogenated alkanes) is 1. The number of aromatic amines is 1. The van der Waals surface area contributed by atoms with Crippen molar-refractivity contribution in [3.05, 3.63) is 69.8 Å². The van der Waals surface area contributed by atoms with Gasteiger partial charge in [0, 0.05) is 5.56 Å². The summed E-state index contributed by atoms with van der Waals surface area (Å²) in [5.41, 5.74) is 8.91. The van der Waals surface area contributed by atoms with Crippen LogP contribution in [-0.2, 0) is 17.3 Å². The Bertz CT molecular complexity index is 1240. The van der Waals surface area contributed by atoms with Gasteiger partial charge in [0.1, 0.15) is 0 Å². The van der Waals surface area contributed by atoms with E-state index >= 15 is 0 Å². The van der Waals surface area contributed by atoms with Gasteiger partial charge in [-0.3, -0.25) is 10.1 Å². The number of amides is 1. The molecule has 35 heavy (non-hydrogen) atoms. The number of fused-ring (bicyclic) bond motifs is 1. The van der Waals surface area contributed by atoms with Gasteiger partial charge in [0.15, 0.2) is 0 Å². The average Bonchev–Trinajstić information content (AvgIpc) is 3.38. The van der Waals surface area contributed by atoms with E-state index in [9.17, 15) is 4.79 Å². The van der Waals surface area contributed by atoms with Gasteiger partial charge in [-0.05, 0) is 87.2 Å². The lowest BCUT2D eigenvalue weighted by atomic mass is 9.71. The molecule has 0 radical (unpaired) electrons. The minimum absolute atomic E-state index is 0.130. The SMILES string of the molecule is CCCCc1cc2c(cc1C(C)=Cc1ccc(C(=O)Nc3nn[nH]n3)cc1)C(C)(C)C(C)C2(C)C. The van der Waals surface area contributed by atoms with Crippen molar-refractivity contribution in [2.45, 2.75) is 78.6 Å². The minimum atomic E-state index is -0.266. The van der Waals surface area contributed by atoms with E-state index < -0.39 is 0 Å². The molecule has 3 aromatic rings. The lowest BCUT2D eigenvalue weighted by Crippen LogP contribution is -2.30. The fourth-order valence-electron chi connectivity index (χ4n) is 5.47. The Morgan fingerprint density at radius 3 is 2.34 bits per heavy atom. The molecule has 0 fully saturated rings. The number of hydrogen-bond donors (Lipinski definition) is 2. The summed E-state index contributed by atoms with van der Waals surface area (Å²) in [7, 11) is 0. The number of anilines is 1. The summed E-state index contributed by atoms with van der Waals surface area (Å²) in [5, 5.41) is 15.9. The molecule has 0 spiro atoms. The number of H-pyrrole nitrogens is 1. The van der Waals surface area contributed by atoms with Crippen LogP contribution in [-0.4, -0.2) is 26.5 Å². The molecule has 2 N–H and O–H groups in total. The normalized spacial score (nSPS) is 18.4. The smallest absolute Gasteiger partial charge is 0.270 e. The summed E-state index contributed by atoms with van der Waals surface area (Å²) < 4.78 is 0. The second kappa shape index (κ2) is 9.40. The predicted molar refractivity (Wildman–Crippen MR) is 142 cm³/mol. The topological polar surface area (TPSA) is 83.6 Å². The second-order valence-electron chi connectivity index (χ2n) is 11.0. The maximum Gasteiger partial charge on any atom is 0.270 e. The zero-order chi connectivity index (χ0) is 25.4. The third-order valence-electron chi connectivity index (χ3n) is 8.15. The van der Waals surface area contributed by atoms with E-state index in [2.05, 4.69) is 92.6 Å². The number of aromatic nitrogens is 4. The molecular weight excluding hydrogens is 434 g/mol. The van der Waals surface area contributed by atoms with Crippen LogP contribution in [0.1, 0.15) is 99.5 Å². The lowest BCUT2D eigenvalue weighted by molar-refractivity contribution is 0.102. The highest BCUT2D eigenvalue weighted by Crippen LogP contribution is 2.54. The minimum Gasteiger partial charge on any atom is -0.288 e. The van der Waals surface area contributed by atoms with E-state index in [1.165, 1.54) is 40.7 Å². The summed E-state index contributed by atoms with van der Waals surface area (Å²) >= 11 is 0. The molecule has 184 valence electrons. The van der Waals surface area contributed by atoms with Crippen LogP contribution < -0.4 is 5.32 Å². The first-order chi connectivity index (χ1) is 16.6. The largest absolute Gasteiger partial charge is 0.288 e. The van der Waals surface area contributed by atoms with E-state index in [-0.39, 0.29) is 22.7 Å². The van der Waals surface area contributed by atoms with Gasteiger partial charge in [-0.1, -0.05) is 83.4 Å². The van der Waals surface area contributed by atoms with Crippen molar-refractivity contribution in [3.63, 3.8) is 0 Å². The number of aryl methyl sites for hydroxylation is 1. The molecular formula is C29H37N5O. The number of carbonyl (C=O) groups excluding carboxylic acids is 1. The van der Waals surface area contributed by atoms with Gasteiger partial charge < -0.3 is 0 Å². The quantitative estimate of drug-likeness (QED) is 0.382. The first-order valence-corrected chi connectivity index (χ1v) is 12.6. The lowest BCUT2D eigenvalue weighted by Gasteiger charge is -2.32. The molecule has 1 heterocycles. The van der Waals surface area contributed by atoms with Crippen LogP contribution in [0.2, 0.25) is 0 Å². The fraction of sp³-hybridized carbons (Fsp3) is 0.448. The average molecular weight is 472 g/mol. The van der Waals surface area contributed by atoms with E-state index in [0.29, 0.717) is 11.5 Å². The summed E-state index contributed by atoms with van der Waals surface area (Å²) in [6.07, 6.45) is 5.67. The van der Waals surface area contributed by atoms with Crippen molar-refractivity contribution in [1.82, 2.24) is 20.6 Å². The van der Waals surface area contributed by atoms with Gasteiger partial charge in [0.2, 0.25) is 0 Å². The first-order valence-electron chi connectivity index (χ1n) is 12.6. The molecule has 1 aliphatic carbocycles. The number of tetrazole rings is 1. The Balaban J connectivity index is 1.66. The molecule has 0 saturated carbocycles. The Morgan fingerprint density at radius 1 is 1.09 bits per heavy atom. The van der Waals surface area contributed by atoms with Crippen molar-refractivity contribution in [3.8, 4) is 0 Å². The van der Waals surface area contributed by atoms with Crippen molar-refractivity contribution >= 4 is 23.5 Å². The van der Waals surface area contributed by atoms with E-state index in [0.717, 1.165) is 12.0 Å². The standard InChI is InChI=1S/C29H37N5O/c1-8-9-10-22-16-24-25(29(6,7)19(3)28(24,4)5)17-23(22)18(2)15-20-11-13-21(14-12-20)26(35)30-27-31-33-34-32-27/h11-17,19H,8-10H2,1-7H3,(H2,30,31,32,33,34,35). The van der Waals surface area contributed by atoms with Gasteiger partial charge >= 0.3 is 0 Å². The molecule has 1 atom stereocenters. The zero-order valence-electron chi connectivity index (χ0n) is 22.0. The number of carbonyl (C=O) groups is 1. The van der Waals surface area contributed by atoms with Crippen LogP contribution in [0.15, 0.2) is 36.4 Å². The number of rotatable bonds is 7. The van der Waals surface area contributed by atoms with Gasteiger partial charge in [-0.2, -0.15) is 5.21 Å². The van der Waals surface area contributed by atoms with Crippen molar-refractivity contribution in [1.29, 1.82) is 0 Å². The summed E-state index contributed by atoms with van der Waals surface area (Å²) in [5.74, 6) is 0.458. The third-order valence-corrected chi connectivity index (χ3v) is 8.15. The molecule has 2 aromatic carbocycles. The molecule has 0 aliphatic heterocycles.